The van der Waals surface area contributed by atoms with Gasteiger partial charge in [-0.15, -0.1) is 9.42 Å². The second-order valence-corrected chi connectivity index (χ2v) is 7.89. The summed E-state index contributed by atoms with van der Waals surface area (Å²) in [5.74, 6) is 0.733. The quantitative estimate of drug-likeness (QED) is 0.223. The number of aromatic amines is 1. The topological polar surface area (TPSA) is 129 Å². The van der Waals surface area contributed by atoms with E-state index in [1.165, 1.54) is 6.20 Å². The second kappa shape index (κ2) is 9.39. The number of rotatable bonds is 7. The highest BCUT2D eigenvalue weighted by Crippen LogP contribution is 2.36. The lowest BCUT2D eigenvalue weighted by molar-refractivity contribution is -0.0181. The Morgan fingerprint density at radius 2 is 2.29 bits per heavy atom. The predicted molar refractivity (Wildman–Crippen MR) is 99.8 cm³/mol. The summed E-state index contributed by atoms with van der Waals surface area (Å²) in [5, 5.41) is 13.0. The normalized spacial score (nSPS) is 29.3. The van der Waals surface area contributed by atoms with Gasteiger partial charge in [-0.1, -0.05) is 31.0 Å². The molecule has 9 nitrogen and oxygen atoms in total. The van der Waals surface area contributed by atoms with Crippen molar-refractivity contribution in [3.63, 3.8) is 0 Å². The Morgan fingerprint density at radius 1 is 1.57 bits per heavy atom. The Bertz CT molecular complexity index is 757. The van der Waals surface area contributed by atoms with E-state index in [9.17, 15) is 14.1 Å². The van der Waals surface area contributed by atoms with Crippen molar-refractivity contribution in [2.24, 2.45) is 4.99 Å². The van der Waals surface area contributed by atoms with Gasteiger partial charge in [-0.2, -0.15) is 0 Å². The van der Waals surface area contributed by atoms with E-state index in [4.69, 9.17) is 21.2 Å². The van der Waals surface area contributed by atoms with Crippen molar-refractivity contribution in [1.29, 1.82) is 0 Å². The van der Waals surface area contributed by atoms with Crippen LogP contribution in [0, 0.1) is 0 Å². The third-order valence-corrected chi connectivity index (χ3v) is 5.15. The number of nitrogens with zero attached hydrogens (tertiary/aromatic N) is 2. The van der Waals surface area contributed by atoms with E-state index >= 15 is 0 Å². The number of aliphatic hydroxyl groups is 1. The molecule has 1 aliphatic heterocycles. The number of amidine groups is 1. The summed E-state index contributed by atoms with van der Waals surface area (Å²) in [4.78, 5) is 20.5. The van der Waals surface area contributed by atoms with Gasteiger partial charge < -0.3 is 20.1 Å². The zero-order valence-corrected chi connectivity index (χ0v) is 16.6. The van der Waals surface area contributed by atoms with Gasteiger partial charge in [-0.05, 0) is 12.8 Å². The summed E-state index contributed by atoms with van der Waals surface area (Å²) in [5.41, 5.74) is 0.290. The number of ether oxygens (including phenoxy) is 1. The van der Waals surface area contributed by atoms with Crippen LogP contribution < -0.4 is 5.32 Å². The Kier molecular flexibility index (Phi) is 7.14. The average molecular weight is 436 g/mol. The van der Waals surface area contributed by atoms with Gasteiger partial charge >= 0.3 is 8.25 Å². The maximum absolute atomic E-state index is 14.5. The first-order chi connectivity index (χ1) is 13.3. The van der Waals surface area contributed by atoms with Crippen LogP contribution in [-0.4, -0.2) is 56.8 Å². The number of imidazole rings is 1. The monoisotopic (exact) mass is 435 g/mol. The predicted octanol–water partition coefficient (Wildman–Crippen LogP) is 2.20. The van der Waals surface area contributed by atoms with Crippen molar-refractivity contribution in [3.8, 4) is 0 Å². The zero-order chi connectivity index (χ0) is 20.3. The van der Waals surface area contributed by atoms with Crippen molar-refractivity contribution < 1.29 is 28.2 Å². The van der Waals surface area contributed by atoms with Crippen molar-refractivity contribution in [2.75, 3.05) is 6.61 Å². The second-order valence-electron chi connectivity index (χ2n) is 6.70. The lowest BCUT2D eigenvalue weighted by atomic mass is 10.1. The molecule has 1 aromatic heterocycles. The van der Waals surface area contributed by atoms with Crippen LogP contribution in [-0.2, 0) is 13.8 Å². The first-order valence-electron chi connectivity index (χ1n) is 8.86. The summed E-state index contributed by atoms with van der Waals surface area (Å²) in [6, 6.07) is 0.146. The van der Waals surface area contributed by atoms with Gasteiger partial charge in [0.2, 0.25) is 0 Å². The van der Waals surface area contributed by atoms with Crippen LogP contribution in [0.5, 0.6) is 0 Å². The van der Waals surface area contributed by atoms with Gasteiger partial charge in [0.25, 0.3) is 0 Å². The Morgan fingerprint density at radius 3 is 2.93 bits per heavy atom. The van der Waals surface area contributed by atoms with Crippen LogP contribution in [0.2, 0.25) is 0 Å². The number of H-pyrrole nitrogens is 1. The number of aliphatic hydroxyl groups excluding tert-OH is 1. The molecule has 0 radical (unpaired) electrons. The molecule has 2 aliphatic rings. The van der Waals surface area contributed by atoms with Gasteiger partial charge in [0.1, 0.15) is 30.1 Å². The summed E-state index contributed by atoms with van der Waals surface area (Å²) < 4.78 is 35.1. The number of halogens is 2. The lowest BCUT2D eigenvalue weighted by Crippen LogP contribution is -2.30. The lowest BCUT2D eigenvalue weighted by Gasteiger charge is -2.11. The molecule has 1 aliphatic carbocycles. The molecular weight excluding hydrogens is 414 g/mol. The first-order valence-corrected chi connectivity index (χ1v) is 10.4. The largest absolute Gasteiger partial charge is 0.694 e. The molecule has 0 bridgehead atoms. The van der Waals surface area contributed by atoms with E-state index < -0.39 is 39.3 Å². The molecule has 2 heterocycles. The smallest absolute Gasteiger partial charge is 0.387 e. The van der Waals surface area contributed by atoms with Gasteiger partial charge in [-0.25, -0.2) is 9.37 Å². The molecule has 28 heavy (non-hydrogen) atoms. The standard InChI is InChI=1S/C16H21ClFN4O5P/c1-8(17)20-16(21-9-4-2-3-5-9)15-19-6-10(22-15)14-12(18)13(23)11(27-14)7-26-28(24)25/h6,9,11-14,23H,1-5,7H2,(H2-,19,20,21,22,24,25)/p+1/t11-,12+,13-,14+/m1/s1. The highest BCUT2D eigenvalue weighted by molar-refractivity contribution is 7.32. The van der Waals surface area contributed by atoms with Crippen LogP contribution in [0.4, 0.5) is 4.39 Å². The highest BCUT2D eigenvalue weighted by atomic mass is 35.5. The van der Waals surface area contributed by atoms with Crippen molar-refractivity contribution in [1.82, 2.24) is 15.3 Å². The zero-order valence-electron chi connectivity index (χ0n) is 14.9. The molecule has 1 aromatic rings. The van der Waals surface area contributed by atoms with Crippen LogP contribution >= 0.6 is 19.9 Å². The fourth-order valence-corrected chi connectivity index (χ4v) is 3.71. The minimum atomic E-state index is -2.87. The van der Waals surface area contributed by atoms with Gasteiger partial charge in [0.05, 0.1) is 17.9 Å². The Labute approximate surface area is 167 Å². The van der Waals surface area contributed by atoms with Gasteiger partial charge in [0, 0.05) is 4.57 Å². The number of aromatic nitrogens is 2. The molecule has 1 saturated heterocycles. The fraction of sp³-hybridized carbons (Fsp3) is 0.625. The molecule has 3 rings (SSSR count). The third kappa shape index (κ3) is 5.14. The van der Waals surface area contributed by atoms with Gasteiger partial charge in [0.15, 0.2) is 17.8 Å². The fourth-order valence-electron chi connectivity index (χ4n) is 3.35. The minimum absolute atomic E-state index is 0.146. The van der Waals surface area contributed by atoms with E-state index in [2.05, 4.69) is 31.4 Å². The van der Waals surface area contributed by atoms with Crippen LogP contribution in [0.3, 0.4) is 0 Å². The molecule has 0 spiro atoms. The molecule has 1 saturated carbocycles. The summed E-state index contributed by atoms with van der Waals surface area (Å²) in [6.07, 6.45) is 0.0549. The highest BCUT2D eigenvalue weighted by Gasteiger charge is 2.47. The number of nitrogens with one attached hydrogen (secondary N) is 2. The molecule has 0 aromatic carbocycles. The van der Waals surface area contributed by atoms with E-state index in [1.807, 2.05) is 0 Å². The van der Waals surface area contributed by atoms with Crippen LogP contribution in [0.15, 0.2) is 22.9 Å². The van der Waals surface area contributed by atoms with E-state index in [0.717, 1.165) is 25.7 Å². The molecular formula is C16H22ClFN4O5P+. The van der Waals surface area contributed by atoms with Crippen molar-refractivity contribution >= 4 is 25.7 Å². The molecule has 12 heteroatoms. The SMILES string of the molecule is C=C(Cl)NC(=NC1CCCC1)c1ncc([C@@H]2O[C@H](CO[P+](=O)O)[C@@H](O)[C@@H]2F)[nH]1. The molecule has 154 valence electrons. The molecule has 0 amide bonds. The number of alkyl halides is 1. The summed E-state index contributed by atoms with van der Waals surface area (Å²) >= 11 is 5.86. The molecule has 4 N–H and O–H groups in total. The minimum Gasteiger partial charge on any atom is -0.387 e. The maximum Gasteiger partial charge on any atom is 0.694 e. The summed E-state index contributed by atoms with van der Waals surface area (Å²) in [7, 11) is -2.87. The van der Waals surface area contributed by atoms with Gasteiger partial charge in [-0.3, -0.25) is 4.99 Å². The Balaban J connectivity index is 1.75. The Hall–Kier alpha value is -1.42. The average Bonchev–Trinajstić information content (AvgIpc) is 3.35. The van der Waals surface area contributed by atoms with E-state index in [1.54, 1.807) is 0 Å². The maximum atomic E-state index is 14.5. The van der Waals surface area contributed by atoms with E-state index in [0.29, 0.717) is 17.4 Å². The molecule has 1 unspecified atom stereocenters. The molecule has 2 fully saturated rings. The van der Waals surface area contributed by atoms with Crippen LogP contribution in [0.1, 0.15) is 43.3 Å². The van der Waals surface area contributed by atoms with Crippen molar-refractivity contribution in [3.05, 3.63) is 29.5 Å². The van der Waals surface area contributed by atoms with Crippen molar-refractivity contribution in [2.45, 2.75) is 56.2 Å². The molecule has 5 atom stereocenters. The summed E-state index contributed by atoms with van der Waals surface area (Å²) in [6.45, 7) is 3.19. The number of hydrogen-bond acceptors (Lipinski definition) is 6. The number of hydrogen-bond donors (Lipinski definition) is 4. The first kappa shape index (κ1) is 21.3. The van der Waals surface area contributed by atoms with Crippen LogP contribution in [0.25, 0.3) is 0 Å². The number of aliphatic imine (C=N–C) groups is 1. The van der Waals surface area contributed by atoms with E-state index in [-0.39, 0.29) is 11.2 Å². The third-order valence-electron chi connectivity index (χ3n) is 4.68.